The highest BCUT2D eigenvalue weighted by Crippen LogP contribution is 2.15. The van der Waals surface area contributed by atoms with Gasteiger partial charge in [0, 0.05) is 38.7 Å². The van der Waals surface area contributed by atoms with Crippen LogP contribution in [-0.2, 0) is 6.42 Å². The lowest BCUT2D eigenvalue weighted by atomic mass is 10.1. The summed E-state index contributed by atoms with van der Waals surface area (Å²) in [5.74, 6) is 1.50. The van der Waals surface area contributed by atoms with Gasteiger partial charge in [-0.3, -0.25) is 9.78 Å². The van der Waals surface area contributed by atoms with Gasteiger partial charge in [0.05, 0.1) is 12.8 Å². The maximum Gasteiger partial charge on any atom is 0.252 e. The minimum absolute atomic E-state index is 0.0996. The van der Waals surface area contributed by atoms with Crippen molar-refractivity contribution in [3.8, 4) is 5.75 Å². The van der Waals surface area contributed by atoms with Crippen molar-refractivity contribution in [3.63, 3.8) is 0 Å². The topological polar surface area (TPSA) is 61.5 Å². The number of aromatic nitrogens is 2. The van der Waals surface area contributed by atoms with E-state index in [2.05, 4.69) is 26.8 Å². The van der Waals surface area contributed by atoms with Crippen LogP contribution in [0.25, 0.3) is 0 Å². The number of benzene rings is 1. The van der Waals surface area contributed by atoms with Crippen LogP contribution in [0.15, 0.2) is 35.1 Å². The molecule has 122 valence electrons. The summed E-state index contributed by atoms with van der Waals surface area (Å²) in [4.78, 5) is 23.9. The van der Waals surface area contributed by atoms with Crippen molar-refractivity contribution < 1.29 is 4.74 Å². The average molecular weight is 314 g/mol. The number of anilines is 1. The standard InChI is InChI=1S/C17H22N4O2/c1-20-7-9-21(10-8-20)17-18-14(12-16(22)19-17)11-13-3-5-15(23-2)6-4-13/h3-6,12H,7-11H2,1-2H3,(H,18,19,22). The van der Waals surface area contributed by atoms with Gasteiger partial charge < -0.3 is 14.5 Å². The summed E-state index contributed by atoms with van der Waals surface area (Å²) in [7, 11) is 3.75. The molecule has 0 bridgehead atoms. The van der Waals surface area contributed by atoms with Crippen molar-refractivity contribution >= 4 is 5.95 Å². The Morgan fingerprint density at radius 1 is 1.17 bits per heavy atom. The highest BCUT2D eigenvalue weighted by molar-refractivity contribution is 5.34. The van der Waals surface area contributed by atoms with Gasteiger partial charge in [0.15, 0.2) is 0 Å². The molecule has 23 heavy (non-hydrogen) atoms. The summed E-state index contributed by atoms with van der Waals surface area (Å²) in [6, 6.07) is 9.41. The minimum atomic E-state index is -0.0996. The fourth-order valence-corrected chi connectivity index (χ4v) is 2.70. The lowest BCUT2D eigenvalue weighted by Crippen LogP contribution is -2.45. The Balaban J connectivity index is 1.78. The Hall–Kier alpha value is -2.34. The van der Waals surface area contributed by atoms with Gasteiger partial charge in [0.2, 0.25) is 5.95 Å². The molecular weight excluding hydrogens is 292 g/mol. The number of ether oxygens (including phenoxy) is 1. The van der Waals surface area contributed by atoms with Gasteiger partial charge in [-0.25, -0.2) is 4.98 Å². The third-order valence-electron chi connectivity index (χ3n) is 4.13. The van der Waals surface area contributed by atoms with Crippen LogP contribution in [0.4, 0.5) is 5.95 Å². The van der Waals surface area contributed by atoms with E-state index >= 15 is 0 Å². The summed E-state index contributed by atoms with van der Waals surface area (Å²) >= 11 is 0. The van der Waals surface area contributed by atoms with Crippen molar-refractivity contribution in [2.24, 2.45) is 0 Å². The van der Waals surface area contributed by atoms with E-state index in [1.807, 2.05) is 24.3 Å². The van der Waals surface area contributed by atoms with Gasteiger partial charge in [0.1, 0.15) is 5.75 Å². The number of hydrogen-bond donors (Lipinski definition) is 1. The zero-order valence-corrected chi connectivity index (χ0v) is 13.6. The fraction of sp³-hybridized carbons (Fsp3) is 0.412. The maximum atomic E-state index is 12.0. The molecule has 0 unspecified atom stereocenters. The molecule has 6 heteroatoms. The van der Waals surface area contributed by atoms with Gasteiger partial charge in [-0.05, 0) is 24.7 Å². The van der Waals surface area contributed by atoms with Gasteiger partial charge in [-0.2, -0.15) is 0 Å². The van der Waals surface area contributed by atoms with Crippen LogP contribution in [-0.4, -0.2) is 55.2 Å². The molecule has 1 saturated heterocycles. The first-order valence-electron chi connectivity index (χ1n) is 7.81. The zero-order chi connectivity index (χ0) is 16.2. The SMILES string of the molecule is COc1ccc(Cc2cc(=O)[nH]c(N3CCN(C)CC3)n2)cc1. The molecule has 0 amide bonds. The van der Waals surface area contributed by atoms with Crippen LogP contribution in [0.3, 0.4) is 0 Å². The number of methoxy groups -OCH3 is 1. The van der Waals surface area contributed by atoms with E-state index in [0.29, 0.717) is 12.4 Å². The second kappa shape index (κ2) is 6.83. The Kier molecular flexibility index (Phi) is 4.62. The summed E-state index contributed by atoms with van der Waals surface area (Å²) in [5.41, 5.74) is 1.79. The number of rotatable bonds is 4. The molecule has 0 spiro atoms. The summed E-state index contributed by atoms with van der Waals surface area (Å²) < 4.78 is 5.16. The van der Waals surface area contributed by atoms with Crippen molar-refractivity contribution in [3.05, 3.63) is 51.9 Å². The first kappa shape index (κ1) is 15.6. The van der Waals surface area contributed by atoms with E-state index in [4.69, 9.17) is 4.74 Å². The molecule has 0 atom stereocenters. The normalized spacial score (nSPS) is 15.7. The van der Waals surface area contributed by atoms with E-state index < -0.39 is 0 Å². The first-order valence-corrected chi connectivity index (χ1v) is 7.81. The molecule has 1 fully saturated rings. The van der Waals surface area contributed by atoms with Crippen LogP contribution in [0.1, 0.15) is 11.3 Å². The molecule has 0 radical (unpaired) electrons. The van der Waals surface area contributed by atoms with E-state index in [1.165, 1.54) is 0 Å². The van der Waals surface area contributed by atoms with Crippen LogP contribution in [0.2, 0.25) is 0 Å². The Bertz CT molecular complexity index is 703. The van der Waals surface area contributed by atoms with Crippen LogP contribution < -0.4 is 15.2 Å². The minimum Gasteiger partial charge on any atom is -0.497 e. The zero-order valence-electron chi connectivity index (χ0n) is 13.6. The molecule has 6 nitrogen and oxygen atoms in total. The molecule has 1 N–H and O–H groups in total. The predicted molar refractivity (Wildman–Crippen MR) is 90.4 cm³/mol. The number of nitrogens with zero attached hydrogens (tertiary/aromatic N) is 3. The van der Waals surface area contributed by atoms with E-state index in [1.54, 1.807) is 13.2 Å². The molecule has 2 heterocycles. The van der Waals surface area contributed by atoms with Gasteiger partial charge >= 0.3 is 0 Å². The fourth-order valence-electron chi connectivity index (χ4n) is 2.70. The number of piperazine rings is 1. The molecule has 1 aromatic heterocycles. The highest BCUT2D eigenvalue weighted by Gasteiger charge is 2.16. The highest BCUT2D eigenvalue weighted by atomic mass is 16.5. The lowest BCUT2D eigenvalue weighted by molar-refractivity contribution is 0.311. The molecule has 1 aliphatic rings. The summed E-state index contributed by atoms with van der Waals surface area (Å²) in [6.07, 6.45) is 0.634. The van der Waals surface area contributed by atoms with Gasteiger partial charge in [-0.1, -0.05) is 12.1 Å². The molecule has 1 aromatic carbocycles. The molecule has 2 aromatic rings. The Morgan fingerprint density at radius 2 is 1.87 bits per heavy atom. The molecular formula is C17H22N4O2. The molecule has 0 saturated carbocycles. The quantitative estimate of drug-likeness (QED) is 0.916. The van der Waals surface area contributed by atoms with Crippen molar-refractivity contribution in [2.75, 3.05) is 45.2 Å². The van der Waals surface area contributed by atoms with Crippen LogP contribution in [0.5, 0.6) is 5.75 Å². The van der Waals surface area contributed by atoms with E-state index in [9.17, 15) is 4.79 Å². The lowest BCUT2D eigenvalue weighted by Gasteiger charge is -2.32. The number of hydrogen-bond acceptors (Lipinski definition) is 5. The third-order valence-corrected chi connectivity index (χ3v) is 4.13. The van der Waals surface area contributed by atoms with E-state index in [-0.39, 0.29) is 5.56 Å². The van der Waals surface area contributed by atoms with Crippen molar-refractivity contribution in [1.29, 1.82) is 0 Å². The second-order valence-corrected chi connectivity index (χ2v) is 5.88. The van der Waals surface area contributed by atoms with Gasteiger partial charge in [0.25, 0.3) is 5.56 Å². The molecule has 0 aliphatic carbocycles. The maximum absolute atomic E-state index is 12.0. The largest absolute Gasteiger partial charge is 0.497 e. The van der Waals surface area contributed by atoms with Gasteiger partial charge in [-0.15, -0.1) is 0 Å². The number of aromatic amines is 1. The van der Waals surface area contributed by atoms with Crippen molar-refractivity contribution in [2.45, 2.75) is 6.42 Å². The van der Waals surface area contributed by atoms with E-state index in [0.717, 1.165) is 43.2 Å². The molecule has 3 rings (SSSR count). The number of likely N-dealkylation sites (N-methyl/N-ethyl adjacent to an activating group) is 1. The smallest absolute Gasteiger partial charge is 0.252 e. The molecule has 1 aliphatic heterocycles. The summed E-state index contributed by atoms with van der Waals surface area (Å²) in [6.45, 7) is 3.72. The monoisotopic (exact) mass is 314 g/mol. The predicted octanol–water partition coefficient (Wildman–Crippen LogP) is 1.12. The average Bonchev–Trinajstić information content (AvgIpc) is 2.56. The number of nitrogens with one attached hydrogen (secondary N) is 1. The number of H-pyrrole nitrogens is 1. The summed E-state index contributed by atoms with van der Waals surface area (Å²) in [5, 5.41) is 0. The Labute approximate surface area is 135 Å². The van der Waals surface area contributed by atoms with Crippen LogP contribution in [0, 0.1) is 0 Å². The van der Waals surface area contributed by atoms with Crippen LogP contribution >= 0.6 is 0 Å². The second-order valence-electron chi connectivity index (χ2n) is 5.88. The third kappa shape index (κ3) is 3.90. The van der Waals surface area contributed by atoms with Crippen molar-refractivity contribution in [1.82, 2.24) is 14.9 Å². The first-order chi connectivity index (χ1) is 11.1. The Morgan fingerprint density at radius 3 is 2.52 bits per heavy atom.